The van der Waals surface area contributed by atoms with Gasteiger partial charge in [0.1, 0.15) is 0 Å². The Hall–Kier alpha value is -0.650. The molecule has 1 amide bonds. The molecular weight excluding hydrogens is 198 g/mol. The van der Waals surface area contributed by atoms with Gasteiger partial charge in [0.2, 0.25) is 5.91 Å². The van der Waals surface area contributed by atoms with Crippen LogP contribution in [0.25, 0.3) is 0 Å². The van der Waals surface area contributed by atoms with Crippen LogP contribution in [-0.2, 0) is 9.53 Å². The second-order valence-electron chi connectivity index (χ2n) is 3.79. The monoisotopic (exact) mass is 217 g/mol. The molecule has 15 heavy (non-hydrogen) atoms. The molecule has 1 aliphatic rings. The van der Waals surface area contributed by atoms with Gasteiger partial charge in [0, 0.05) is 13.2 Å². The van der Waals surface area contributed by atoms with E-state index in [1.165, 1.54) is 0 Å². The van der Waals surface area contributed by atoms with E-state index >= 15 is 0 Å². The topological polar surface area (TPSA) is 78.8 Å². The van der Waals surface area contributed by atoms with Gasteiger partial charge in [0.05, 0.1) is 24.7 Å². The van der Waals surface area contributed by atoms with Crippen LogP contribution in [0.4, 0.5) is 0 Å². The van der Waals surface area contributed by atoms with E-state index in [4.69, 9.17) is 14.9 Å². The number of aliphatic hydroxyl groups is 2. The molecule has 0 aromatic rings. The van der Waals surface area contributed by atoms with Crippen molar-refractivity contribution in [1.29, 1.82) is 0 Å². The molecule has 1 saturated heterocycles. The number of carbonyl (C=O) groups is 1. The number of ether oxygens (including phenoxy) is 1. The van der Waals surface area contributed by atoms with Crippen molar-refractivity contribution in [2.75, 3.05) is 19.8 Å². The molecule has 1 rings (SSSR count). The first kappa shape index (κ1) is 12.4. The molecule has 5 heteroatoms. The van der Waals surface area contributed by atoms with Crippen LogP contribution in [-0.4, -0.2) is 48.1 Å². The maximum Gasteiger partial charge on any atom is 0.225 e. The van der Waals surface area contributed by atoms with E-state index in [0.29, 0.717) is 6.61 Å². The molecule has 88 valence electrons. The third-order valence-electron chi connectivity index (χ3n) is 2.67. The highest BCUT2D eigenvalue weighted by atomic mass is 16.5. The minimum atomic E-state index is -0.878. The fourth-order valence-electron chi connectivity index (χ4n) is 1.76. The maximum absolute atomic E-state index is 11.7. The largest absolute Gasteiger partial charge is 0.394 e. The van der Waals surface area contributed by atoms with Crippen LogP contribution in [0, 0.1) is 5.92 Å². The Kier molecular flexibility index (Phi) is 5.01. The lowest BCUT2D eigenvalue weighted by Gasteiger charge is -2.17. The predicted molar refractivity (Wildman–Crippen MR) is 54.2 cm³/mol. The van der Waals surface area contributed by atoms with Crippen molar-refractivity contribution in [2.45, 2.75) is 32.0 Å². The van der Waals surface area contributed by atoms with Gasteiger partial charge in [0.25, 0.3) is 0 Å². The summed E-state index contributed by atoms with van der Waals surface area (Å²) < 4.78 is 5.40. The highest BCUT2D eigenvalue weighted by Crippen LogP contribution is 2.23. The molecule has 0 aliphatic carbocycles. The molecule has 0 radical (unpaired) electrons. The zero-order valence-electron chi connectivity index (χ0n) is 8.98. The second kappa shape index (κ2) is 6.05. The molecule has 0 aromatic carbocycles. The van der Waals surface area contributed by atoms with Gasteiger partial charge in [0.15, 0.2) is 0 Å². The Morgan fingerprint density at radius 2 is 2.40 bits per heavy atom. The third kappa shape index (κ3) is 3.44. The number of rotatable bonds is 5. The van der Waals surface area contributed by atoms with Gasteiger partial charge in [-0.2, -0.15) is 0 Å². The van der Waals surface area contributed by atoms with E-state index in [0.717, 1.165) is 12.8 Å². The standard InChI is InChI=1S/C10H19NO4/c1-2-9-8(3-4-15-9)10(14)11-5-7(13)6-12/h7-9,12-13H,2-6H2,1H3,(H,11,14). The van der Waals surface area contributed by atoms with E-state index in [2.05, 4.69) is 5.32 Å². The van der Waals surface area contributed by atoms with Crippen molar-refractivity contribution in [3.63, 3.8) is 0 Å². The van der Waals surface area contributed by atoms with Crippen LogP contribution < -0.4 is 5.32 Å². The zero-order valence-corrected chi connectivity index (χ0v) is 8.98. The van der Waals surface area contributed by atoms with Crippen molar-refractivity contribution in [1.82, 2.24) is 5.32 Å². The number of carbonyl (C=O) groups excluding carboxylic acids is 1. The van der Waals surface area contributed by atoms with Crippen LogP contribution in [0.1, 0.15) is 19.8 Å². The molecule has 0 spiro atoms. The summed E-state index contributed by atoms with van der Waals surface area (Å²) in [6.07, 6.45) is 0.674. The number of hydrogen-bond acceptors (Lipinski definition) is 4. The molecule has 0 saturated carbocycles. The minimum absolute atomic E-state index is 0.00345. The van der Waals surface area contributed by atoms with Crippen molar-refractivity contribution >= 4 is 5.91 Å². The van der Waals surface area contributed by atoms with Crippen LogP contribution >= 0.6 is 0 Å². The maximum atomic E-state index is 11.7. The highest BCUT2D eigenvalue weighted by molar-refractivity contribution is 5.79. The van der Waals surface area contributed by atoms with E-state index < -0.39 is 6.10 Å². The van der Waals surface area contributed by atoms with Crippen LogP contribution in [0.2, 0.25) is 0 Å². The minimum Gasteiger partial charge on any atom is -0.394 e. The van der Waals surface area contributed by atoms with Crippen molar-refractivity contribution in [3.05, 3.63) is 0 Å². The number of nitrogens with one attached hydrogen (secondary N) is 1. The van der Waals surface area contributed by atoms with Crippen molar-refractivity contribution < 1.29 is 19.7 Å². The fourth-order valence-corrected chi connectivity index (χ4v) is 1.76. The van der Waals surface area contributed by atoms with Gasteiger partial charge >= 0.3 is 0 Å². The average Bonchev–Trinajstić information content (AvgIpc) is 2.73. The molecule has 3 N–H and O–H groups in total. The Morgan fingerprint density at radius 1 is 1.67 bits per heavy atom. The van der Waals surface area contributed by atoms with Gasteiger partial charge in [-0.05, 0) is 12.8 Å². The lowest BCUT2D eigenvalue weighted by Crippen LogP contribution is -2.40. The summed E-state index contributed by atoms with van der Waals surface area (Å²) in [5, 5.41) is 20.3. The lowest BCUT2D eigenvalue weighted by molar-refractivity contribution is -0.127. The highest BCUT2D eigenvalue weighted by Gasteiger charge is 2.32. The molecular formula is C10H19NO4. The lowest BCUT2D eigenvalue weighted by atomic mass is 9.99. The zero-order chi connectivity index (χ0) is 11.3. The summed E-state index contributed by atoms with van der Waals surface area (Å²) >= 11 is 0. The van der Waals surface area contributed by atoms with Gasteiger partial charge in [-0.25, -0.2) is 0 Å². The SMILES string of the molecule is CCC1OCCC1C(=O)NCC(O)CO. The van der Waals surface area contributed by atoms with Crippen molar-refractivity contribution in [3.8, 4) is 0 Å². The van der Waals surface area contributed by atoms with Crippen molar-refractivity contribution in [2.24, 2.45) is 5.92 Å². The van der Waals surface area contributed by atoms with E-state index in [-0.39, 0.29) is 31.1 Å². The fraction of sp³-hybridized carbons (Fsp3) is 0.900. The smallest absolute Gasteiger partial charge is 0.225 e. The molecule has 5 nitrogen and oxygen atoms in total. The van der Waals surface area contributed by atoms with E-state index in [1.54, 1.807) is 0 Å². The molecule has 3 atom stereocenters. The van der Waals surface area contributed by atoms with Crippen LogP contribution in [0.15, 0.2) is 0 Å². The molecule has 3 unspecified atom stereocenters. The van der Waals surface area contributed by atoms with Gasteiger partial charge in [-0.15, -0.1) is 0 Å². The summed E-state index contributed by atoms with van der Waals surface area (Å²) in [5.41, 5.74) is 0. The summed E-state index contributed by atoms with van der Waals surface area (Å²) in [6.45, 7) is 2.37. The molecule has 1 aliphatic heterocycles. The summed E-state index contributed by atoms with van der Waals surface area (Å²) in [6, 6.07) is 0. The Labute approximate surface area is 89.4 Å². The second-order valence-corrected chi connectivity index (χ2v) is 3.79. The Morgan fingerprint density at radius 3 is 3.00 bits per heavy atom. The summed E-state index contributed by atoms with van der Waals surface area (Å²) in [4.78, 5) is 11.7. The number of amides is 1. The summed E-state index contributed by atoms with van der Waals surface area (Å²) in [5.74, 6) is -0.201. The van der Waals surface area contributed by atoms with Gasteiger partial charge in [-0.1, -0.05) is 6.92 Å². The third-order valence-corrected chi connectivity index (χ3v) is 2.67. The summed E-state index contributed by atoms with van der Waals surface area (Å²) in [7, 11) is 0. The first-order chi connectivity index (χ1) is 7.19. The first-order valence-electron chi connectivity index (χ1n) is 5.37. The number of aliphatic hydroxyl groups excluding tert-OH is 2. The van der Waals surface area contributed by atoms with E-state index in [1.807, 2.05) is 6.92 Å². The van der Waals surface area contributed by atoms with Gasteiger partial charge in [-0.3, -0.25) is 4.79 Å². The molecule has 0 aromatic heterocycles. The Balaban J connectivity index is 2.33. The first-order valence-corrected chi connectivity index (χ1v) is 5.37. The average molecular weight is 217 g/mol. The van der Waals surface area contributed by atoms with E-state index in [9.17, 15) is 4.79 Å². The van der Waals surface area contributed by atoms with Gasteiger partial charge < -0.3 is 20.3 Å². The van der Waals surface area contributed by atoms with Crippen LogP contribution in [0.5, 0.6) is 0 Å². The van der Waals surface area contributed by atoms with Crippen LogP contribution in [0.3, 0.4) is 0 Å². The Bertz CT molecular complexity index is 210. The normalized spacial score (nSPS) is 27.7. The predicted octanol–water partition coefficient (Wildman–Crippen LogP) is -0.729. The quantitative estimate of drug-likeness (QED) is 0.567. The number of hydrogen-bond donors (Lipinski definition) is 3. The molecule has 1 heterocycles. The molecule has 1 fully saturated rings. The molecule has 0 bridgehead atoms.